The van der Waals surface area contributed by atoms with Crippen molar-refractivity contribution in [2.24, 2.45) is 0 Å². The van der Waals surface area contributed by atoms with Crippen molar-refractivity contribution in [2.45, 2.75) is 11.8 Å². The van der Waals surface area contributed by atoms with Gasteiger partial charge in [0.15, 0.2) is 0 Å². The largest absolute Gasteiger partial charge is 0.341 e. The van der Waals surface area contributed by atoms with E-state index < -0.39 is 0 Å². The average Bonchev–Trinajstić information content (AvgIpc) is 3.16. The summed E-state index contributed by atoms with van der Waals surface area (Å²) >= 11 is 11.6. The first-order valence-corrected chi connectivity index (χ1v) is 7.93. The number of hydrogen-bond donors (Lipinski definition) is 2. The summed E-state index contributed by atoms with van der Waals surface area (Å²) in [5, 5.41) is 0. The first-order chi connectivity index (χ1) is 10.8. The number of rotatable bonds is 3. The highest BCUT2D eigenvalue weighted by molar-refractivity contribution is 6.17. The van der Waals surface area contributed by atoms with Crippen LogP contribution in [0.1, 0.15) is 11.6 Å². The van der Waals surface area contributed by atoms with E-state index in [-0.39, 0.29) is 0 Å². The molecule has 0 radical (unpaired) electrons. The van der Waals surface area contributed by atoms with Crippen molar-refractivity contribution in [3.8, 4) is 11.1 Å². The second-order valence-electron chi connectivity index (χ2n) is 5.10. The lowest BCUT2D eigenvalue weighted by molar-refractivity contribution is 1.13. The van der Waals surface area contributed by atoms with Crippen LogP contribution in [0, 0.1) is 0 Å². The molecular formula is C16H12Cl2N4. The summed E-state index contributed by atoms with van der Waals surface area (Å²) in [5.74, 6) is 2.32. The fraction of sp³-hybridized carbons (Fsp3) is 0.125. The van der Waals surface area contributed by atoms with Gasteiger partial charge in [-0.15, -0.1) is 23.2 Å². The Bertz CT molecular complexity index is 891. The number of benzene rings is 2. The number of nitrogens with one attached hydrogen (secondary N) is 2. The van der Waals surface area contributed by atoms with Gasteiger partial charge in [-0.05, 0) is 35.4 Å². The number of aromatic amines is 2. The molecule has 0 unspecified atom stereocenters. The Labute approximate surface area is 136 Å². The number of hydrogen-bond acceptors (Lipinski definition) is 2. The van der Waals surface area contributed by atoms with Gasteiger partial charge in [0, 0.05) is 0 Å². The van der Waals surface area contributed by atoms with E-state index in [9.17, 15) is 0 Å². The van der Waals surface area contributed by atoms with Gasteiger partial charge < -0.3 is 9.97 Å². The topological polar surface area (TPSA) is 57.4 Å². The Morgan fingerprint density at radius 2 is 1.18 bits per heavy atom. The molecule has 110 valence electrons. The zero-order chi connectivity index (χ0) is 15.1. The standard InChI is InChI=1S/C16H12Cl2N4/c17-7-15-19-11-3-1-9(5-13(11)21-15)10-2-4-12-14(6-10)22-16(8-18)20-12/h1-6H,7-8H2,(H,19,21)(H,20,22). The van der Waals surface area contributed by atoms with Crippen molar-refractivity contribution in [1.29, 1.82) is 0 Å². The van der Waals surface area contributed by atoms with Gasteiger partial charge in [0.05, 0.1) is 33.8 Å². The third-order valence-corrected chi connectivity index (χ3v) is 4.15. The van der Waals surface area contributed by atoms with Crippen LogP contribution in [0.25, 0.3) is 33.2 Å². The molecule has 0 amide bonds. The monoisotopic (exact) mass is 330 g/mol. The maximum Gasteiger partial charge on any atom is 0.122 e. The Balaban J connectivity index is 1.82. The number of halogens is 2. The van der Waals surface area contributed by atoms with Gasteiger partial charge in [0.25, 0.3) is 0 Å². The highest BCUT2D eigenvalue weighted by Crippen LogP contribution is 2.26. The summed E-state index contributed by atoms with van der Waals surface area (Å²) < 4.78 is 0. The fourth-order valence-corrected chi connectivity index (χ4v) is 2.86. The third kappa shape index (κ3) is 2.25. The first-order valence-electron chi connectivity index (χ1n) is 6.86. The second kappa shape index (κ2) is 5.30. The third-order valence-electron chi connectivity index (χ3n) is 3.65. The van der Waals surface area contributed by atoms with Gasteiger partial charge in [-0.1, -0.05) is 12.1 Å². The number of H-pyrrole nitrogens is 2. The van der Waals surface area contributed by atoms with E-state index in [2.05, 4.69) is 44.2 Å². The zero-order valence-electron chi connectivity index (χ0n) is 11.5. The number of imidazole rings is 2. The lowest BCUT2D eigenvalue weighted by atomic mass is 10.0. The van der Waals surface area contributed by atoms with Crippen LogP contribution in [0.3, 0.4) is 0 Å². The molecule has 0 bridgehead atoms. The molecule has 0 aliphatic rings. The van der Waals surface area contributed by atoms with Crippen molar-refractivity contribution < 1.29 is 0 Å². The molecule has 2 N–H and O–H groups in total. The molecule has 0 saturated carbocycles. The molecule has 6 heteroatoms. The molecule has 0 aliphatic carbocycles. The molecule has 4 aromatic rings. The molecule has 2 heterocycles. The zero-order valence-corrected chi connectivity index (χ0v) is 13.0. The summed E-state index contributed by atoms with van der Waals surface area (Å²) in [6.45, 7) is 0. The number of aromatic nitrogens is 4. The first kappa shape index (κ1) is 13.6. The van der Waals surface area contributed by atoms with Gasteiger partial charge >= 0.3 is 0 Å². The van der Waals surface area contributed by atoms with Crippen LogP contribution in [-0.2, 0) is 11.8 Å². The Morgan fingerprint density at radius 3 is 1.59 bits per heavy atom. The highest BCUT2D eigenvalue weighted by Gasteiger charge is 2.07. The quantitative estimate of drug-likeness (QED) is 0.540. The molecule has 4 nitrogen and oxygen atoms in total. The molecule has 2 aromatic carbocycles. The molecule has 22 heavy (non-hydrogen) atoms. The van der Waals surface area contributed by atoms with Crippen molar-refractivity contribution in [3.05, 3.63) is 48.0 Å². The Hall–Kier alpha value is -2.04. The SMILES string of the molecule is ClCc1nc2ccc(-c3ccc4nc(CCl)[nH]c4c3)cc2[nH]1. The van der Waals surface area contributed by atoms with E-state index in [1.54, 1.807) is 0 Å². The Morgan fingerprint density at radius 1 is 0.727 bits per heavy atom. The minimum absolute atomic E-state index is 0.380. The minimum Gasteiger partial charge on any atom is -0.341 e. The van der Waals surface area contributed by atoms with E-state index in [4.69, 9.17) is 23.2 Å². The van der Waals surface area contributed by atoms with Crippen LogP contribution in [0.2, 0.25) is 0 Å². The second-order valence-corrected chi connectivity index (χ2v) is 5.63. The van der Waals surface area contributed by atoms with Crippen LogP contribution < -0.4 is 0 Å². The molecule has 0 atom stereocenters. The minimum atomic E-state index is 0.380. The summed E-state index contributed by atoms with van der Waals surface area (Å²) in [5.41, 5.74) is 6.04. The number of fused-ring (bicyclic) bond motifs is 2. The van der Waals surface area contributed by atoms with Gasteiger partial charge in [-0.25, -0.2) is 9.97 Å². The van der Waals surface area contributed by atoms with E-state index in [1.807, 2.05) is 12.1 Å². The predicted molar refractivity (Wildman–Crippen MR) is 90.3 cm³/mol. The fourth-order valence-electron chi connectivity index (χ4n) is 2.61. The number of nitrogens with zero attached hydrogens (tertiary/aromatic N) is 2. The normalized spacial score (nSPS) is 11.5. The smallest absolute Gasteiger partial charge is 0.122 e. The van der Waals surface area contributed by atoms with Crippen LogP contribution in [0.15, 0.2) is 36.4 Å². The molecule has 2 aromatic heterocycles. The maximum atomic E-state index is 5.82. The highest BCUT2D eigenvalue weighted by atomic mass is 35.5. The van der Waals surface area contributed by atoms with Crippen LogP contribution in [0.5, 0.6) is 0 Å². The summed E-state index contributed by atoms with van der Waals surface area (Å²) in [6.07, 6.45) is 0. The van der Waals surface area contributed by atoms with E-state index in [1.165, 1.54) is 0 Å². The van der Waals surface area contributed by atoms with Crippen molar-refractivity contribution in [3.63, 3.8) is 0 Å². The van der Waals surface area contributed by atoms with Gasteiger partial charge in [-0.3, -0.25) is 0 Å². The molecule has 0 saturated heterocycles. The average molecular weight is 331 g/mol. The molecule has 0 spiro atoms. The molecule has 0 fully saturated rings. The molecule has 4 rings (SSSR count). The van der Waals surface area contributed by atoms with E-state index >= 15 is 0 Å². The lowest BCUT2D eigenvalue weighted by Gasteiger charge is -2.01. The van der Waals surface area contributed by atoms with Crippen LogP contribution >= 0.6 is 23.2 Å². The van der Waals surface area contributed by atoms with Gasteiger partial charge in [-0.2, -0.15) is 0 Å². The van der Waals surface area contributed by atoms with Crippen molar-refractivity contribution in [1.82, 2.24) is 19.9 Å². The summed E-state index contributed by atoms with van der Waals surface area (Å²) in [7, 11) is 0. The summed E-state index contributed by atoms with van der Waals surface area (Å²) in [6, 6.07) is 12.3. The van der Waals surface area contributed by atoms with Crippen molar-refractivity contribution >= 4 is 45.3 Å². The molecular weight excluding hydrogens is 319 g/mol. The molecule has 0 aliphatic heterocycles. The van der Waals surface area contributed by atoms with E-state index in [0.29, 0.717) is 11.8 Å². The predicted octanol–water partition coefficient (Wildman–Crippen LogP) is 4.58. The number of alkyl halides is 2. The van der Waals surface area contributed by atoms with Crippen molar-refractivity contribution in [2.75, 3.05) is 0 Å². The lowest BCUT2D eigenvalue weighted by Crippen LogP contribution is -1.79. The maximum absolute atomic E-state index is 5.82. The van der Waals surface area contributed by atoms with Gasteiger partial charge in [0.2, 0.25) is 0 Å². The van der Waals surface area contributed by atoms with E-state index in [0.717, 1.165) is 44.8 Å². The summed E-state index contributed by atoms with van der Waals surface area (Å²) in [4.78, 5) is 15.3. The van der Waals surface area contributed by atoms with Gasteiger partial charge in [0.1, 0.15) is 11.6 Å². The Kier molecular flexibility index (Phi) is 3.28. The van der Waals surface area contributed by atoms with Crippen LogP contribution in [0.4, 0.5) is 0 Å². The van der Waals surface area contributed by atoms with Crippen LogP contribution in [-0.4, -0.2) is 19.9 Å².